The van der Waals surface area contributed by atoms with Gasteiger partial charge in [0.25, 0.3) is 0 Å². The standard InChI is InChI=1S/C15H20FNO3/c16-13-6-1-2-7-14(13)20-10-8-15(19)17-9-4-3-5-12(17)11-18/h1-2,6-7,12,18H,3-5,8-11H2. The summed E-state index contributed by atoms with van der Waals surface area (Å²) in [6.07, 6.45) is 3.05. The normalized spacial score (nSPS) is 18.9. The summed E-state index contributed by atoms with van der Waals surface area (Å²) in [6.45, 7) is 0.831. The molecule has 1 saturated heterocycles. The van der Waals surface area contributed by atoms with Crippen LogP contribution in [0.3, 0.4) is 0 Å². The van der Waals surface area contributed by atoms with Crippen LogP contribution in [0.2, 0.25) is 0 Å². The lowest BCUT2D eigenvalue weighted by atomic mass is 10.0. The number of piperidine rings is 1. The maximum Gasteiger partial charge on any atom is 0.226 e. The number of carbonyl (C=O) groups excluding carboxylic acids is 1. The number of amides is 1. The van der Waals surface area contributed by atoms with Crippen LogP contribution in [-0.2, 0) is 4.79 Å². The van der Waals surface area contributed by atoms with Gasteiger partial charge in [-0.15, -0.1) is 0 Å². The first kappa shape index (κ1) is 14.8. The van der Waals surface area contributed by atoms with Gasteiger partial charge >= 0.3 is 0 Å². The van der Waals surface area contributed by atoms with E-state index < -0.39 is 5.82 Å². The van der Waals surface area contributed by atoms with Gasteiger partial charge in [0.2, 0.25) is 5.91 Å². The van der Waals surface area contributed by atoms with Crippen molar-refractivity contribution in [3.05, 3.63) is 30.1 Å². The molecule has 0 radical (unpaired) electrons. The molecule has 1 fully saturated rings. The van der Waals surface area contributed by atoms with Gasteiger partial charge in [-0.25, -0.2) is 4.39 Å². The van der Waals surface area contributed by atoms with Crippen molar-refractivity contribution < 1.29 is 19.0 Å². The van der Waals surface area contributed by atoms with E-state index >= 15 is 0 Å². The van der Waals surface area contributed by atoms with E-state index in [0.29, 0.717) is 6.54 Å². The third-order valence-electron chi connectivity index (χ3n) is 3.57. The minimum atomic E-state index is -0.425. The Balaban J connectivity index is 1.81. The zero-order chi connectivity index (χ0) is 14.4. The zero-order valence-corrected chi connectivity index (χ0v) is 11.4. The van der Waals surface area contributed by atoms with E-state index in [1.165, 1.54) is 12.1 Å². The fourth-order valence-electron chi connectivity index (χ4n) is 2.47. The lowest BCUT2D eigenvalue weighted by Crippen LogP contribution is -2.46. The molecule has 0 saturated carbocycles. The third-order valence-corrected chi connectivity index (χ3v) is 3.57. The van der Waals surface area contributed by atoms with Crippen molar-refractivity contribution in [2.24, 2.45) is 0 Å². The van der Waals surface area contributed by atoms with Crippen molar-refractivity contribution in [3.8, 4) is 5.75 Å². The number of aliphatic hydroxyl groups excluding tert-OH is 1. The molecule has 4 nitrogen and oxygen atoms in total. The molecule has 1 amide bonds. The molecule has 2 rings (SSSR count). The predicted octanol–water partition coefficient (Wildman–Crippen LogP) is 1.97. The van der Waals surface area contributed by atoms with Crippen LogP contribution in [0.5, 0.6) is 5.75 Å². The van der Waals surface area contributed by atoms with Gasteiger partial charge in [0.15, 0.2) is 11.6 Å². The largest absolute Gasteiger partial charge is 0.490 e. The summed E-state index contributed by atoms with van der Waals surface area (Å²) in [4.78, 5) is 13.8. The topological polar surface area (TPSA) is 49.8 Å². The second-order valence-corrected chi connectivity index (χ2v) is 4.95. The highest BCUT2D eigenvalue weighted by Crippen LogP contribution is 2.18. The van der Waals surface area contributed by atoms with E-state index in [1.54, 1.807) is 17.0 Å². The predicted molar refractivity (Wildman–Crippen MR) is 72.9 cm³/mol. The number of halogens is 1. The summed E-state index contributed by atoms with van der Waals surface area (Å²) >= 11 is 0. The molecule has 0 aromatic heterocycles. The Morgan fingerprint density at radius 1 is 1.40 bits per heavy atom. The van der Waals surface area contributed by atoms with Gasteiger partial charge in [-0.2, -0.15) is 0 Å². The minimum absolute atomic E-state index is 0.0000887. The number of carbonyl (C=O) groups is 1. The maximum absolute atomic E-state index is 13.3. The van der Waals surface area contributed by atoms with Gasteiger partial charge in [0, 0.05) is 6.54 Å². The van der Waals surface area contributed by atoms with Gasteiger partial charge < -0.3 is 14.7 Å². The monoisotopic (exact) mass is 281 g/mol. The number of benzene rings is 1. The second-order valence-electron chi connectivity index (χ2n) is 4.95. The van der Waals surface area contributed by atoms with Crippen LogP contribution in [0.1, 0.15) is 25.7 Å². The quantitative estimate of drug-likeness (QED) is 0.897. The number of hydrogen-bond donors (Lipinski definition) is 1. The number of likely N-dealkylation sites (tertiary alicyclic amines) is 1. The van der Waals surface area contributed by atoms with Crippen molar-refractivity contribution in [2.45, 2.75) is 31.7 Å². The highest BCUT2D eigenvalue weighted by atomic mass is 19.1. The molecule has 0 spiro atoms. The molecule has 1 N–H and O–H groups in total. The van der Waals surface area contributed by atoms with Crippen LogP contribution in [0.15, 0.2) is 24.3 Å². The first-order valence-electron chi connectivity index (χ1n) is 7.00. The zero-order valence-electron chi connectivity index (χ0n) is 11.4. The molecule has 1 aliphatic rings. The molecular formula is C15H20FNO3. The summed E-state index contributed by atoms with van der Waals surface area (Å²) < 4.78 is 18.6. The third kappa shape index (κ3) is 3.70. The Morgan fingerprint density at radius 3 is 2.95 bits per heavy atom. The maximum atomic E-state index is 13.3. The molecule has 0 bridgehead atoms. The van der Waals surface area contributed by atoms with Crippen LogP contribution in [0, 0.1) is 5.82 Å². The molecule has 1 aromatic carbocycles. The molecule has 0 aliphatic carbocycles. The lowest BCUT2D eigenvalue weighted by Gasteiger charge is -2.34. The number of para-hydroxylation sites is 1. The SMILES string of the molecule is O=C(CCOc1ccccc1F)N1CCCCC1CO. The molecule has 1 aromatic rings. The molecule has 1 heterocycles. The fraction of sp³-hybridized carbons (Fsp3) is 0.533. The molecule has 110 valence electrons. The van der Waals surface area contributed by atoms with E-state index in [1.807, 2.05) is 0 Å². The van der Waals surface area contributed by atoms with Crippen LogP contribution in [0.4, 0.5) is 4.39 Å². The van der Waals surface area contributed by atoms with Crippen molar-refractivity contribution in [1.82, 2.24) is 4.90 Å². The first-order chi connectivity index (χ1) is 9.72. The summed E-state index contributed by atoms with van der Waals surface area (Å²) in [5, 5.41) is 9.28. The summed E-state index contributed by atoms with van der Waals surface area (Å²) in [5.74, 6) is -0.302. The number of nitrogens with zero attached hydrogens (tertiary/aromatic N) is 1. The Morgan fingerprint density at radius 2 is 2.20 bits per heavy atom. The van der Waals surface area contributed by atoms with Gasteiger partial charge in [-0.05, 0) is 31.4 Å². The van der Waals surface area contributed by atoms with E-state index in [9.17, 15) is 14.3 Å². The molecule has 1 atom stereocenters. The number of hydrogen-bond acceptors (Lipinski definition) is 3. The Bertz CT molecular complexity index is 452. The molecule has 1 unspecified atom stereocenters. The summed E-state index contributed by atoms with van der Waals surface area (Å²) in [7, 11) is 0. The van der Waals surface area contributed by atoms with Gasteiger partial charge in [0.05, 0.1) is 25.7 Å². The lowest BCUT2D eigenvalue weighted by molar-refractivity contribution is -0.136. The van der Waals surface area contributed by atoms with Gasteiger partial charge in [0.1, 0.15) is 0 Å². The van der Waals surface area contributed by atoms with Crippen molar-refractivity contribution >= 4 is 5.91 Å². The van der Waals surface area contributed by atoms with Crippen molar-refractivity contribution in [1.29, 1.82) is 0 Å². The van der Waals surface area contributed by atoms with Crippen LogP contribution < -0.4 is 4.74 Å². The first-order valence-corrected chi connectivity index (χ1v) is 7.00. The molecule has 1 aliphatic heterocycles. The Kier molecular flexibility index (Phi) is 5.35. The smallest absolute Gasteiger partial charge is 0.226 e. The van der Waals surface area contributed by atoms with Crippen molar-refractivity contribution in [2.75, 3.05) is 19.8 Å². The van der Waals surface area contributed by atoms with E-state index in [-0.39, 0.29) is 37.3 Å². The van der Waals surface area contributed by atoms with Gasteiger partial charge in [-0.1, -0.05) is 12.1 Å². The average molecular weight is 281 g/mol. The Hall–Kier alpha value is -1.62. The number of rotatable bonds is 5. The average Bonchev–Trinajstić information content (AvgIpc) is 2.49. The number of aliphatic hydroxyl groups is 1. The molecule has 20 heavy (non-hydrogen) atoms. The van der Waals surface area contributed by atoms with E-state index in [0.717, 1.165) is 19.3 Å². The fourth-order valence-corrected chi connectivity index (χ4v) is 2.47. The highest BCUT2D eigenvalue weighted by molar-refractivity contribution is 5.76. The highest BCUT2D eigenvalue weighted by Gasteiger charge is 2.25. The molecule has 5 heteroatoms. The minimum Gasteiger partial charge on any atom is -0.490 e. The Labute approximate surface area is 118 Å². The van der Waals surface area contributed by atoms with Crippen molar-refractivity contribution in [3.63, 3.8) is 0 Å². The van der Waals surface area contributed by atoms with E-state index in [4.69, 9.17) is 4.74 Å². The summed E-state index contributed by atoms with van der Waals surface area (Å²) in [5.41, 5.74) is 0. The summed E-state index contributed by atoms with van der Waals surface area (Å²) in [6, 6.07) is 6.06. The van der Waals surface area contributed by atoms with Crippen LogP contribution >= 0.6 is 0 Å². The number of ether oxygens (including phenoxy) is 1. The molecular weight excluding hydrogens is 261 g/mol. The van der Waals surface area contributed by atoms with E-state index in [2.05, 4.69) is 0 Å². The van der Waals surface area contributed by atoms with Crippen LogP contribution in [-0.4, -0.2) is 41.7 Å². The van der Waals surface area contributed by atoms with Crippen LogP contribution in [0.25, 0.3) is 0 Å². The van der Waals surface area contributed by atoms with Gasteiger partial charge in [-0.3, -0.25) is 4.79 Å². The second kappa shape index (κ2) is 7.24.